The SMILES string of the molecule is Cc1cc(C(F)(F)F)cc(N2C(=O)N(CC(O)CN3CCC(F)C3)C[C@H]2C(=O)N(C)c2ccc(F)c(Cl)c2F)n1. The Hall–Kier alpha value is -3.10. The molecular weight excluding hydrogens is 568 g/mol. The molecule has 2 aromatic rings. The monoisotopic (exact) mass is 593 g/mol. The summed E-state index contributed by atoms with van der Waals surface area (Å²) >= 11 is 5.64. The molecule has 0 aliphatic carbocycles. The second-order valence-electron chi connectivity index (χ2n) is 9.82. The number of urea groups is 1. The van der Waals surface area contributed by atoms with E-state index < -0.39 is 76.7 Å². The third-order valence-corrected chi connectivity index (χ3v) is 7.15. The van der Waals surface area contributed by atoms with Gasteiger partial charge in [0.1, 0.15) is 28.9 Å². The van der Waals surface area contributed by atoms with Crippen molar-refractivity contribution in [3.63, 3.8) is 0 Å². The van der Waals surface area contributed by atoms with Gasteiger partial charge in [0.15, 0.2) is 5.82 Å². The molecule has 2 unspecified atom stereocenters. The zero-order chi connectivity index (χ0) is 29.5. The van der Waals surface area contributed by atoms with E-state index in [2.05, 4.69) is 4.98 Å². The van der Waals surface area contributed by atoms with E-state index in [9.17, 15) is 41.0 Å². The second-order valence-corrected chi connectivity index (χ2v) is 10.2. The lowest BCUT2D eigenvalue weighted by atomic mass is 10.1. The lowest BCUT2D eigenvalue weighted by Crippen LogP contribution is -2.47. The number of benzene rings is 1. The minimum Gasteiger partial charge on any atom is -0.390 e. The second kappa shape index (κ2) is 11.4. The molecule has 2 fully saturated rings. The van der Waals surface area contributed by atoms with E-state index in [0.717, 1.165) is 39.9 Å². The van der Waals surface area contributed by atoms with Crippen molar-refractivity contribution in [2.75, 3.05) is 49.6 Å². The minimum atomic E-state index is -4.78. The molecular formula is C25H26ClF6N5O3. The molecule has 40 heavy (non-hydrogen) atoms. The van der Waals surface area contributed by atoms with Crippen molar-refractivity contribution in [1.29, 1.82) is 0 Å². The summed E-state index contributed by atoms with van der Waals surface area (Å²) in [5.74, 6) is -3.71. The molecule has 2 aliphatic heterocycles. The number of halogens is 7. The first-order valence-corrected chi connectivity index (χ1v) is 12.6. The molecule has 3 atom stereocenters. The maximum atomic E-state index is 14.7. The zero-order valence-electron chi connectivity index (χ0n) is 21.4. The molecule has 15 heteroatoms. The molecule has 2 aliphatic rings. The molecule has 3 heterocycles. The Labute approximate surface area is 230 Å². The van der Waals surface area contributed by atoms with Gasteiger partial charge in [0.05, 0.1) is 23.9 Å². The van der Waals surface area contributed by atoms with Crippen molar-refractivity contribution in [2.24, 2.45) is 0 Å². The molecule has 1 aromatic carbocycles. The van der Waals surface area contributed by atoms with Gasteiger partial charge >= 0.3 is 12.2 Å². The van der Waals surface area contributed by atoms with Crippen LogP contribution in [-0.2, 0) is 11.0 Å². The summed E-state index contributed by atoms with van der Waals surface area (Å²) in [5.41, 5.74) is -1.61. The Morgan fingerprint density at radius 2 is 1.93 bits per heavy atom. The molecule has 1 aromatic heterocycles. The summed E-state index contributed by atoms with van der Waals surface area (Å²) < 4.78 is 82.6. The Balaban J connectivity index is 1.67. The predicted molar refractivity (Wildman–Crippen MR) is 134 cm³/mol. The van der Waals surface area contributed by atoms with E-state index in [4.69, 9.17) is 11.6 Å². The summed E-state index contributed by atoms with van der Waals surface area (Å²) in [6, 6.07) is 0.774. The smallest absolute Gasteiger partial charge is 0.390 e. The number of carbonyl (C=O) groups excluding carboxylic acids is 2. The van der Waals surface area contributed by atoms with E-state index in [0.29, 0.717) is 19.0 Å². The normalized spacial score (nSPS) is 20.9. The van der Waals surface area contributed by atoms with Crippen LogP contribution >= 0.6 is 11.6 Å². The van der Waals surface area contributed by atoms with Gasteiger partial charge in [0.2, 0.25) is 0 Å². The summed E-state index contributed by atoms with van der Waals surface area (Å²) in [5, 5.41) is 9.73. The van der Waals surface area contributed by atoms with Gasteiger partial charge in [0, 0.05) is 38.9 Å². The number of aliphatic hydroxyl groups is 1. The highest BCUT2D eigenvalue weighted by molar-refractivity contribution is 6.31. The van der Waals surface area contributed by atoms with Crippen LogP contribution in [0.1, 0.15) is 17.7 Å². The maximum absolute atomic E-state index is 14.7. The number of carbonyl (C=O) groups is 2. The van der Waals surface area contributed by atoms with E-state index in [1.54, 1.807) is 4.90 Å². The third kappa shape index (κ3) is 6.13. The van der Waals surface area contributed by atoms with Crippen molar-refractivity contribution >= 4 is 35.0 Å². The van der Waals surface area contributed by atoms with Crippen molar-refractivity contribution in [2.45, 2.75) is 37.8 Å². The van der Waals surface area contributed by atoms with Crippen molar-refractivity contribution in [1.82, 2.24) is 14.8 Å². The molecule has 4 rings (SSSR count). The van der Waals surface area contributed by atoms with Crippen LogP contribution in [0.25, 0.3) is 0 Å². The van der Waals surface area contributed by atoms with Crippen LogP contribution < -0.4 is 9.80 Å². The number of rotatable bonds is 7. The third-order valence-electron chi connectivity index (χ3n) is 6.80. The first-order chi connectivity index (χ1) is 18.7. The number of aryl methyl sites for hydroxylation is 1. The topological polar surface area (TPSA) is 80.2 Å². The summed E-state index contributed by atoms with van der Waals surface area (Å²) in [7, 11) is 1.14. The van der Waals surface area contributed by atoms with Gasteiger partial charge in [-0.05, 0) is 37.6 Å². The van der Waals surface area contributed by atoms with Gasteiger partial charge in [-0.15, -0.1) is 0 Å². The number of anilines is 2. The lowest BCUT2D eigenvalue weighted by Gasteiger charge is -2.27. The van der Waals surface area contributed by atoms with E-state index in [1.165, 1.54) is 6.92 Å². The number of aromatic nitrogens is 1. The average Bonchev–Trinajstić information content (AvgIpc) is 3.42. The van der Waals surface area contributed by atoms with Crippen molar-refractivity contribution < 1.29 is 41.0 Å². The van der Waals surface area contributed by atoms with Gasteiger partial charge in [-0.3, -0.25) is 14.6 Å². The Morgan fingerprint density at radius 3 is 2.55 bits per heavy atom. The molecule has 0 radical (unpaired) electrons. The summed E-state index contributed by atoms with van der Waals surface area (Å²) in [6.45, 7) is 1.13. The lowest BCUT2D eigenvalue weighted by molar-refractivity contribution is -0.137. The Kier molecular flexibility index (Phi) is 8.52. The Bertz CT molecular complexity index is 1300. The number of hydrogen-bond donors (Lipinski definition) is 1. The molecule has 1 N–H and O–H groups in total. The number of β-amino-alcohol motifs (C(OH)–C–C–N with tert-alkyl or cyclic N) is 1. The molecule has 218 valence electrons. The quantitative estimate of drug-likeness (QED) is 0.388. The number of aliphatic hydroxyl groups excluding tert-OH is 1. The average molecular weight is 594 g/mol. The molecule has 0 spiro atoms. The van der Waals surface area contributed by atoms with Crippen LogP contribution in [0.5, 0.6) is 0 Å². The number of nitrogens with zero attached hydrogens (tertiary/aromatic N) is 5. The first kappa shape index (κ1) is 29.9. The summed E-state index contributed by atoms with van der Waals surface area (Å²) in [4.78, 5) is 35.4. The van der Waals surface area contributed by atoms with Gasteiger partial charge in [-0.1, -0.05) is 11.6 Å². The number of likely N-dealkylation sites (tertiary alicyclic amines) is 1. The van der Waals surface area contributed by atoms with Crippen LogP contribution in [0.3, 0.4) is 0 Å². The van der Waals surface area contributed by atoms with Crippen LogP contribution in [0.4, 0.5) is 42.6 Å². The molecule has 2 saturated heterocycles. The van der Waals surface area contributed by atoms with Crippen LogP contribution in [0.15, 0.2) is 24.3 Å². The largest absolute Gasteiger partial charge is 0.416 e. The van der Waals surface area contributed by atoms with Crippen molar-refractivity contribution in [3.8, 4) is 0 Å². The van der Waals surface area contributed by atoms with Crippen LogP contribution in [-0.4, -0.2) is 89.9 Å². The minimum absolute atomic E-state index is 0.0307. The maximum Gasteiger partial charge on any atom is 0.416 e. The van der Waals surface area contributed by atoms with Crippen LogP contribution in [0, 0.1) is 18.6 Å². The van der Waals surface area contributed by atoms with Crippen molar-refractivity contribution in [3.05, 3.63) is 52.2 Å². The molecule has 8 nitrogen and oxygen atoms in total. The molecule has 0 saturated carbocycles. The van der Waals surface area contributed by atoms with Crippen LogP contribution in [0.2, 0.25) is 5.02 Å². The fourth-order valence-corrected chi connectivity index (χ4v) is 5.03. The highest BCUT2D eigenvalue weighted by Gasteiger charge is 2.46. The molecule has 3 amide bonds. The van der Waals surface area contributed by atoms with Gasteiger partial charge in [-0.2, -0.15) is 13.2 Å². The Morgan fingerprint density at radius 1 is 1.23 bits per heavy atom. The first-order valence-electron chi connectivity index (χ1n) is 12.3. The number of likely N-dealkylation sites (N-methyl/N-ethyl adjacent to an activating group) is 1. The van der Waals surface area contributed by atoms with E-state index in [-0.39, 0.29) is 25.3 Å². The zero-order valence-corrected chi connectivity index (χ0v) is 22.2. The van der Waals surface area contributed by atoms with E-state index >= 15 is 0 Å². The molecule has 0 bridgehead atoms. The van der Waals surface area contributed by atoms with E-state index in [1.807, 2.05) is 0 Å². The number of alkyl halides is 4. The standard InChI is InChI=1S/C25H26ClF6N5O3/c1-13-7-14(25(30,31)32)8-20(33-13)37-19(23(39)34(2)18-4-3-17(28)21(26)22(18)29)12-36(24(37)40)11-16(38)10-35-6-5-15(27)9-35/h3-4,7-8,15-16,19,38H,5-6,9-12H2,1-2H3/t15?,16?,19-/m0/s1. The number of amides is 3. The van der Waals surface area contributed by atoms with Gasteiger partial charge in [0.25, 0.3) is 5.91 Å². The highest BCUT2D eigenvalue weighted by atomic mass is 35.5. The number of pyridine rings is 1. The highest BCUT2D eigenvalue weighted by Crippen LogP contribution is 2.35. The predicted octanol–water partition coefficient (Wildman–Crippen LogP) is 4.02. The summed E-state index contributed by atoms with van der Waals surface area (Å²) in [6.07, 6.45) is -6.68. The number of hydrogen-bond acceptors (Lipinski definition) is 5. The van der Waals surface area contributed by atoms with Gasteiger partial charge in [-0.25, -0.2) is 22.9 Å². The fourth-order valence-electron chi connectivity index (χ4n) is 4.87. The fraction of sp³-hybridized carbons (Fsp3) is 0.480. The van der Waals surface area contributed by atoms with Gasteiger partial charge < -0.3 is 14.9 Å².